The number of carboxylic acids is 1. The Morgan fingerprint density at radius 2 is 1.76 bits per heavy atom. The molecule has 3 N–H and O–H groups in total. The summed E-state index contributed by atoms with van der Waals surface area (Å²) in [6.45, 7) is 7.10. The van der Waals surface area contributed by atoms with Crippen LogP contribution in [-0.4, -0.2) is 97.3 Å². The molecule has 0 bridgehead atoms. The molecule has 0 saturated carbocycles. The van der Waals surface area contributed by atoms with Gasteiger partial charge in [-0.2, -0.15) is 0 Å². The van der Waals surface area contributed by atoms with Crippen LogP contribution in [0.5, 0.6) is 0 Å². The van der Waals surface area contributed by atoms with Gasteiger partial charge in [-0.15, -0.1) is 11.8 Å². The summed E-state index contributed by atoms with van der Waals surface area (Å²) in [5.41, 5.74) is -1.33. The van der Waals surface area contributed by atoms with E-state index in [0.29, 0.717) is 12.1 Å². The first-order chi connectivity index (χ1) is 17.3. The zero-order valence-corrected chi connectivity index (χ0v) is 21.7. The maximum Gasteiger partial charge on any atom is 0.327 e. The van der Waals surface area contributed by atoms with Crippen molar-refractivity contribution in [3.63, 3.8) is 0 Å². The van der Waals surface area contributed by atoms with Gasteiger partial charge in [0.1, 0.15) is 23.0 Å². The fourth-order valence-corrected chi connectivity index (χ4v) is 6.54. The molecule has 0 aliphatic carbocycles. The number of likely N-dealkylation sites (N-methyl/N-ethyl adjacent to an activating group) is 1. The molecule has 0 spiro atoms. The molecule has 3 aliphatic heterocycles. The molecule has 37 heavy (non-hydrogen) atoms. The molecule has 3 aliphatic rings. The Morgan fingerprint density at radius 1 is 1.11 bits per heavy atom. The Labute approximate surface area is 217 Å². The van der Waals surface area contributed by atoms with Gasteiger partial charge in [0.2, 0.25) is 5.91 Å². The highest BCUT2D eigenvalue weighted by Crippen LogP contribution is 2.50. The number of piperazine rings is 1. The first-order valence-corrected chi connectivity index (χ1v) is 12.7. The van der Waals surface area contributed by atoms with Gasteiger partial charge in [0.25, 0.3) is 5.91 Å². The molecule has 3 fully saturated rings. The van der Waals surface area contributed by atoms with Gasteiger partial charge < -0.3 is 25.5 Å². The van der Waals surface area contributed by atoms with Crippen LogP contribution in [0.1, 0.15) is 33.3 Å². The Hall–Kier alpha value is -3.61. The highest BCUT2D eigenvalue weighted by atomic mass is 32.2. The number of hydrogen-bond acceptors (Lipinski definition) is 7. The van der Waals surface area contributed by atoms with Gasteiger partial charge in [-0.1, -0.05) is 30.3 Å². The van der Waals surface area contributed by atoms with Crippen molar-refractivity contribution >= 4 is 47.4 Å². The molecule has 4 rings (SSSR count). The number of carboxylic acid groups (broad SMARTS) is 1. The van der Waals surface area contributed by atoms with E-state index in [1.54, 1.807) is 51.1 Å². The molecule has 6 amide bonds. The van der Waals surface area contributed by atoms with Crippen LogP contribution in [0.2, 0.25) is 0 Å². The number of amides is 6. The van der Waals surface area contributed by atoms with E-state index in [4.69, 9.17) is 0 Å². The second-order valence-electron chi connectivity index (χ2n) is 9.81. The lowest BCUT2D eigenvalue weighted by atomic mass is 9.89. The largest absolute Gasteiger partial charge is 0.480 e. The molecule has 1 aromatic rings. The maximum absolute atomic E-state index is 13.6. The number of nitrogens with zero attached hydrogens (tertiary/aromatic N) is 3. The Morgan fingerprint density at radius 3 is 2.35 bits per heavy atom. The number of aliphatic carboxylic acids is 1. The highest BCUT2D eigenvalue weighted by Gasteiger charge is 2.64. The third kappa shape index (κ3) is 4.30. The minimum absolute atomic E-state index is 0.0306. The van der Waals surface area contributed by atoms with Gasteiger partial charge in [0.15, 0.2) is 0 Å². The van der Waals surface area contributed by atoms with Crippen LogP contribution < -0.4 is 10.6 Å². The summed E-state index contributed by atoms with van der Waals surface area (Å²) < 4.78 is -0.768. The number of imide groups is 1. The third-order valence-corrected chi connectivity index (χ3v) is 8.63. The molecule has 1 aromatic carbocycles. The van der Waals surface area contributed by atoms with E-state index in [1.807, 2.05) is 0 Å². The lowest BCUT2D eigenvalue weighted by Crippen LogP contribution is -2.72. The van der Waals surface area contributed by atoms with E-state index in [9.17, 15) is 33.9 Å². The highest BCUT2D eigenvalue weighted by molar-refractivity contribution is 8.01. The molecule has 0 aromatic heterocycles. The van der Waals surface area contributed by atoms with E-state index in [1.165, 1.54) is 28.5 Å². The predicted octanol–water partition coefficient (Wildman–Crippen LogP) is -0.0662. The second-order valence-corrected chi connectivity index (χ2v) is 11.6. The van der Waals surface area contributed by atoms with E-state index < -0.39 is 63.4 Å². The molecular weight excluding hydrogens is 502 g/mol. The summed E-state index contributed by atoms with van der Waals surface area (Å²) >= 11 is 1.28. The SMILES string of the molecule is CCN1CCN(C(=O)N[C@](C)(C(=O)N[C@@H]2C(=O)N3[C@@H]2SC(C)(C)[C@@H]3C(=O)O)c2ccccc2)C(=O)C1=O. The van der Waals surface area contributed by atoms with Gasteiger partial charge in [0.05, 0.1) is 0 Å². The van der Waals surface area contributed by atoms with Crippen LogP contribution in [0, 0.1) is 0 Å². The van der Waals surface area contributed by atoms with E-state index in [-0.39, 0.29) is 13.1 Å². The zero-order valence-electron chi connectivity index (χ0n) is 20.9. The van der Waals surface area contributed by atoms with Crippen molar-refractivity contribution in [2.45, 2.75) is 55.4 Å². The third-order valence-electron chi connectivity index (χ3n) is 7.06. The van der Waals surface area contributed by atoms with Crippen LogP contribution in [0.4, 0.5) is 4.79 Å². The number of β-lactam (4-membered cyclic amide) rings is 1. The average molecular weight is 532 g/mol. The van der Waals surface area contributed by atoms with Gasteiger partial charge >= 0.3 is 23.8 Å². The quantitative estimate of drug-likeness (QED) is 0.340. The van der Waals surface area contributed by atoms with Gasteiger partial charge in [0, 0.05) is 24.4 Å². The zero-order chi connectivity index (χ0) is 27.3. The van der Waals surface area contributed by atoms with Crippen LogP contribution >= 0.6 is 11.8 Å². The molecule has 3 heterocycles. The molecule has 0 unspecified atom stereocenters. The maximum atomic E-state index is 13.6. The van der Waals surface area contributed by atoms with Crippen molar-refractivity contribution in [1.82, 2.24) is 25.3 Å². The first kappa shape index (κ1) is 26.5. The standard InChI is InChI=1S/C24H29N5O7S/c1-5-27-11-12-28(18(32)17(27)31)22(36)26-24(4,13-9-7-6-8-10-13)21(35)25-14-16(30)29-15(20(33)34)23(2,3)37-19(14)29/h6-10,14-15,19H,5,11-12H2,1-4H3,(H,25,35)(H,26,36)(H,33,34)/t14-,15+,19-,24+/m1/s1. The van der Waals surface area contributed by atoms with Crippen molar-refractivity contribution in [3.8, 4) is 0 Å². The van der Waals surface area contributed by atoms with Crippen LogP contribution in [0.3, 0.4) is 0 Å². The number of carbonyl (C=O) groups is 6. The second kappa shape index (κ2) is 9.36. The average Bonchev–Trinajstić information content (AvgIpc) is 3.12. The molecule has 4 atom stereocenters. The number of benzene rings is 1. The molecule has 13 heteroatoms. The Bertz CT molecular complexity index is 1180. The number of urea groups is 1. The number of carbonyl (C=O) groups excluding carboxylic acids is 5. The van der Waals surface area contributed by atoms with Gasteiger partial charge in [-0.3, -0.25) is 24.1 Å². The van der Waals surface area contributed by atoms with Crippen LogP contribution in [0.25, 0.3) is 0 Å². The van der Waals surface area contributed by atoms with Crippen LogP contribution in [0.15, 0.2) is 30.3 Å². The number of rotatable bonds is 6. The summed E-state index contributed by atoms with van der Waals surface area (Å²) in [5.74, 6) is -4.16. The molecule has 12 nitrogen and oxygen atoms in total. The van der Waals surface area contributed by atoms with Crippen molar-refractivity contribution < 1.29 is 33.9 Å². The Balaban J connectivity index is 1.56. The van der Waals surface area contributed by atoms with Crippen molar-refractivity contribution in [2.24, 2.45) is 0 Å². The molecule has 0 radical (unpaired) electrons. The van der Waals surface area contributed by atoms with Crippen molar-refractivity contribution in [2.75, 3.05) is 19.6 Å². The van der Waals surface area contributed by atoms with Crippen molar-refractivity contribution in [1.29, 1.82) is 0 Å². The van der Waals surface area contributed by atoms with Crippen molar-refractivity contribution in [3.05, 3.63) is 35.9 Å². The summed E-state index contributed by atoms with van der Waals surface area (Å²) in [7, 11) is 0. The fourth-order valence-electron chi connectivity index (χ4n) is 4.91. The predicted molar refractivity (Wildman–Crippen MR) is 132 cm³/mol. The van der Waals surface area contributed by atoms with Crippen LogP contribution in [-0.2, 0) is 29.5 Å². The topological polar surface area (TPSA) is 156 Å². The summed E-state index contributed by atoms with van der Waals surface area (Å²) in [6.07, 6.45) is 0. The van der Waals surface area contributed by atoms with E-state index >= 15 is 0 Å². The minimum Gasteiger partial charge on any atom is -0.480 e. The number of thioether (sulfide) groups is 1. The monoisotopic (exact) mass is 531 g/mol. The number of nitrogens with one attached hydrogen (secondary N) is 2. The summed E-state index contributed by atoms with van der Waals surface area (Å²) in [6, 6.07) is 5.36. The first-order valence-electron chi connectivity index (χ1n) is 11.9. The number of fused-ring (bicyclic) bond motifs is 1. The smallest absolute Gasteiger partial charge is 0.327 e. The van der Waals surface area contributed by atoms with Gasteiger partial charge in [-0.05, 0) is 33.3 Å². The summed E-state index contributed by atoms with van der Waals surface area (Å²) in [4.78, 5) is 79.7. The molecule has 3 saturated heterocycles. The fraction of sp³-hybridized carbons (Fsp3) is 0.500. The minimum atomic E-state index is -1.71. The lowest BCUT2D eigenvalue weighted by Gasteiger charge is -2.45. The lowest BCUT2D eigenvalue weighted by molar-refractivity contribution is -0.161. The summed E-state index contributed by atoms with van der Waals surface area (Å²) in [5, 5.41) is 14.3. The van der Waals surface area contributed by atoms with E-state index in [2.05, 4.69) is 10.6 Å². The normalized spacial score (nSPS) is 26.2. The molecular formula is C24H29N5O7S. The molecule has 198 valence electrons. The Kier molecular flexibility index (Phi) is 6.69. The van der Waals surface area contributed by atoms with E-state index in [0.717, 1.165) is 4.90 Å². The van der Waals surface area contributed by atoms with Gasteiger partial charge in [-0.25, -0.2) is 9.59 Å². The number of hydrogen-bond donors (Lipinski definition) is 3.